The molecule has 0 unspecified atom stereocenters. The first kappa shape index (κ1) is 12.3. The molecule has 0 fully saturated rings. The predicted molar refractivity (Wildman–Crippen MR) is 67.4 cm³/mol. The largest absolute Gasteiger partial charge is 0.319 e. The Kier molecular flexibility index (Phi) is 5.41. The summed E-state index contributed by atoms with van der Waals surface area (Å²) < 4.78 is 0. The zero-order valence-electron chi connectivity index (χ0n) is 10.2. The highest BCUT2D eigenvalue weighted by Gasteiger charge is 2.06. The molecule has 1 rings (SSSR count). The number of likely N-dealkylation sites (N-methyl/N-ethyl adjacent to an activating group) is 1. The number of rotatable bonds is 6. The van der Waals surface area contributed by atoms with Crippen molar-refractivity contribution >= 4 is 0 Å². The van der Waals surface area contributed by atoms with Gasteiger partial charge in [-0.1, -0.05) is 38.1 Å². The van der Waals surface area contributed by atoms with Crippen molar-refractivity contribution in [2.24, 2.45) is 0 Å². The molecule has 0 aliphatic carbocycles. The molecule has 0 aliphatic heterocycles. The van der Waals surface area contributed by atoms with E-state index >= 15 is 0 Å². The van der Waals surface area contributed by atoms with Gasteiger partial charge in [0.1, 0.15) is 0 Å². The monoisotopic (exact) mass is 205 g/mol. The Morgan fingerprint density at radius 2 is 1.93 bits per heavy atom. The summed E-state index contributed by atoms with van der Waals surface area (Å²) in [4.78, 5) is 0. The first-order valence-electron chi connectivity index (χ1n) is 6.05. The van der Waals surface area contributed by atoms with Crippen molar-refractivity contribution in [1.82, 2.24) is 5.32 Å². The Morgan fingerprint density at radius 1 is 1.20 bits per heavy atom. The molecule has 0 aliphatic rings. The Balaban J connectivity index is 2.72. The summed E-state index contributed by atoms with van der Waals surface area (Å²) in [7, 11) is 2.00. The molecule has 0 amide bonds. The lowest BCUT2D eigenvalue weighted by Crippen LogP contribution is -2.10. The molecule has 1 N–H and O–H groups in total. The summed E-state index contributed by atoms with van der Waals surface area (Å²) in [6, 6.07) is 9.05. The van der Waals surface area contributed by atoms with Gasteiger partial charge in [0, 0.05) is 0 Å². The number of hydrogen-bond acceptors (Lipinski definition) is 1. The second-order valence-corrected chi connectivity index (χ2v) is 4.11. The maximum absolute atomic E-state index is 3.19. The van der Waals surface area contributed by atoms with E-state index in [0.29, 0.717) is 0 Å². The van der Waals surface area contributed by atoms with Crippen LogP contribution in [0.3, 0.4) is 0 Å². The van der Waals surface area contributed by atoms with Gasteiger partial charge in [-0.05, 0) is 49.9 Å². The summed E-state index contributed by atoms with van der Waals surface area (Å²) in [5, 5.41) is 3.19. The SMILES string of the molecule is CCC(CC)c1cccc(CCNC)c1. The van der Waals surface area contributed by atoms with E-state index in [1.54, 1.807) is 0 Å². The molecule has 0 radical (unpaired) electrons. The first-order valence-corrected chi connectivity index (χ1v) is 6.05. The number of benzene rings is 1. The summed E-state index contributed by atoms with van der Waals surface area (Å²) in [6.07, 6.45) is 3.61. The van der Waals surface area contributed by atoms with Crippen LogP contribution >= 0.6 is 0 Å². The van der Waals surface area contributed by atoms with Crippen molar-refractivity contribution in [3.63, 3.8) is 0 Å². The highest BCUT2D eigenvalue weighted by atomic mass is 14.8. The molecular formula is C14H23N. The highest BCUT2D eigenvalue weighted by molar-refractivity contribution is 5.26. The van der Waals surface area contributed by atoms with Crippen LogP contribution in [0.2, 0.25) is 0 Å². The zero-order chi connectivity index (χ0) is 11.1. The number of nitrogens with one attached hydrogen (secondary N) is 1. The second-order valence-electron chi connectivity index (χ2n) is 4.11. The summed E-state index contributed by atoms with van der Waals surface area (Å²) in [6.45, 7) is 5.61. The van der Waals surface area contributed by atoms with Gasteiger partial charge in [0.15, 0.2) is 0 Å². The molecule has 1 heteroatoms. The summed E-state index contributed by atoms with van der Waals surface area (Å²) in [5.74, 6) is 0.736. The third kappa shape index (κ3) is 3.67. The van der Waals surface area contributed by atoms with Crippen LogP contribution in [0.4, 0.5) is 0 Å². The molecule has 1 aromatic carbocycles. The molecule has 84 valence electrons. The van der Waals surface area contributed by atoms with Gasteiger partial charge < -0.3 is 5.32 Å². The standard InChI is InChI=1S/C14H23N/c1-4-13(5-2)14-8-6-7-12(11-14)9-10-15-3/h6-8,11,13,15H,4-5,9-10H2,1-3H3. The van der Waals surface area contributed by atoms with Crippen molar-refractivity contribution in [1.29, 1.82) is 0 Å². The molecule has 0 bridgehead atoms. The predicted octanol–water partition coefficient (Wildman–Crippen LogP) is 3.35. The maximum Gasteiger partial charge on any atom is -0.00114 e. The van der Waals surface area contributed by atoms with Gasteiger partial charge >= 0.3 is 0 Å². The molecule has 15 heavy (non-hydrogen) atoms. The molecule has 1 aromatic rings. The molecule has 0 heterocycles. The molecule has 0 saturated heterocycles. The van der Waals surface area contributed by atoms with Gasteiger partial charge in [-0.25, -0.2) is 0 Å². The van der Waals surface area contributed by atoms with Gasteiger partial charge in [-0.15, -0.1) is 0 Å². The van der Waals surface area contributed by atoms with E-state index in [2.05, 4.69) is 43.4 Å². The third-order valence-electron chi connectivity index (χ3n) is 3.07. The normalized spacial score (nSPS) is 10.9. The van der Waals surface area contributed by atoms with Crippen molar-refractivity contribution in [2.75, 3.05) is 13.6 Å². The second kappa shape index (κ2) is 6.62. The highest BCUT2D eigenvalue weighted by Crippen LogP contribution is 2.23. The minimum absolute atomic E-state index is 0.736. The molecule has 0 saturated carbocycles. The van der Waals surface area contributed by atoms with Crippen LogP contribution in [0.1, 0.15) is 43.7 Å². The smallest absolute Gasteiger partial charge is 0.00114 e. The fraction of sp³-hybridized carbons (Fsp3) is 0.571. The molecule has 0 atom stereocenters. The average molecular weight is 205 g/mol. The van der Waals surface area contributed by atoms with Gasteiger partial charge in [-0.2, -0.15) is 0 Å². The van der Waals surface area contributed by atoms with E-state index in [4.69, 9.17) is 0 Å². The van der Waals surface area contributed by atoms with E-state index in [-0.39, 0.29) is 0 Å². The average Bonchev–Trinajstić information content (AvgIpc) is 2.29. The van der Waals surface area contributed by atoms with Crippen LogP contribution in [0, 0.1) is 0 Å². The third-order valence-corrected chi connectivity index (χ3v) is 3.07. The Morgan fingerprint density at radius 3 is 2.53 bits per heavy atom. The van der Waals surface area contributed by atoms with Crippen LogP contribution in [0.15, 0.2) is 24.3 Å². The van der Waals surface area contributed by atoms with E-state index in [1.165, 1.54) is 24.0 Å². The lowest BCUT2D eigenvalue weighted by molar-refractivity contribution is 0.640. The van der Waals surface area contributed by atoms with Crippen LogP contribution in [0.5, 0.6) is 0 Å². The maximum atomic E-state index is 3.19. The van der Waals surface area contributed by atoms with Crippen molar-refractivity contribution in [3.05, 3.63) is 35.4 Å². The zero-order valence-corrected chi connectivity index (χ0v) is 10.2. The molecule has 0 spiro atoms. The lowest BCUT2D eigenvalue weighted by atomic mass is 9.92. The molecular weight excluding hydrogens is 182 g/mol. The first-order chi connectivity index (χ1) is 7.31. The van der Waals surface area contributed by atoms with Gasteiger partial charge in [-0.3, -0.25) is 0 Å². The minimum atomic E-state index is 0.736. The van der Waals surface area contributed by atoms with Crippen LogP contribution in [0.25, 0.3) is 0 Å². The number of hydrogen-bond donors (Lipinski definition) is 1. The van der Waals surface area contributed by atoms with Crippen molar-refractivity contribution < 1.29 is 0 Å². The minimum Gasteiger partial charge on any atom is -0.319 e. The quantitative estimate of drug-likeness (QED) is 0.751. The Bertz CT molecular complexity index is 276. The summed E-state index contributed by atoms with van der Waals surface area (Å²) >= 11 is 0. The van der Waals surface area contributed by atoms with E-state index in [1.807, 2.05) is 7.05 Å². The van der Waals surface area contributed by atoms with Crippen molar-refractivity contribution in [2.45, 2.75) is 39.0 Å². The van der Waals surface area contributed by atoms with Crippen molar-refractivity contribution in [3.8, 4) is 0 Å². The van der Waals surface area contributed by atoms with Crippen LogP contribution in [-0.4, -0.2) is 13.6 Å². The van der Waals surface area contributed by atoms with Crippen LogP contribution in [-0.2, 0) is 6.42 Å². The van der Waals surface area contributed by atoms with Gasteiger partial charge in [0.2, 0.25) is 0 Å². The molecule has 1 nitrogen and oxygen atoms in total. The van der Waals surface area contributed by atoms with Gasteiger partial charge in [0.25, 0.3) is 0 Å². The fourth-order valence-electron chi connectivity index (χ4n) is 2.03. The lowest BCUT2D eigenvalue weighted by Gasteiger charge is -2.13. The van der Waals surface area contributed by atoms with E-state index in [0.717, 1.165) is 18.9 Å². The summed E-state index contributed by atoms with van der Waals surface area (Å²) in [5.41, 5.74) is 2.96. The molecule has 0 aromatic heterocycles. The fourth-order valence-corrected chi connectivity index (χ4v) is 2.03. The van der Waals surface area contributed by atoms with E-state index in [9.17, 15) is 0 Å². The van der Waals surface area contributed by atoms with Gasteiger partial charge in [0.05, 0.1) is 0 Å². The van der Waals surface area contributed by atoms with Crippen LogP contribution < -0.4 is 5.32 Å². The topological polar surface area (TPSA) is 12.0 Å². The Labute approximate surface area is 93.9 Å². The van der Waals surface area contributed by atoms with E-state index < -0.39 is 0 Å². The Hall–Kier alpha value is -0.820.